The molecule has 0 fully saturated rings. The highest BCUT2D eigenvalue weighted by Gasteiger charge is 2.12. The van der Waals surface area contributed by atoms with Crippen LogP contribution in [0.4, 0.5) is 0 Å². The third-order valence-corrected chi connectivity index (χ3v) is 3.40. The molecule has 1 unspecified atom stereocenters. The molecule has 1 atom stereocenters. The van der Waals surface area contributed by atoms with Gasteiger partial charge in [-0.3, -0.25) is 19.4 Å². The first-order chi connectivity index (χ1) is 7.58. The van der Waals surface area contributed by atoms with Crippen LogP contribution in [0.1, 0.15) is 19.8 Å². The molecule has 0 aromatic carbocycles. The minimum absolute atomic E-state index is 0.0778. The van der Waals surface area contributed by atoms with E-state index in [1.807, 2.05) is 6.92 Å². The second-order valence-electron chi connectivity index (χ2n) is 3.21. The molecule has 1 heterocycles. The lowest BCUT2D eigenvalue weighted by molar-refractivity contribution is 0.594. The third-order valence-electron chi connectivity index (χ3n) is 1.99. The van der Waals surface area contributed by atoms with Crippen molar-refractivity contribution >= 4 is 11.8 Å². The Kier molecular flexibility index (Phi) is 4.31. The van der Waals surface area contributed by atoms with Gasteiger partial charge in [-0.05, 0) is 6.42 Å². The summed E-state index contributed by atoms with van der Waals surface area (Å²) in [6, 6.07) is 2.08. The smallest absolute Gasteiger partial charge is 0.265 e. The van der Waals surface area contributed by atoms with Gasteiger partial charge in [0.1, 0.15) is 0 Å². The molecule has 0 spiro atoms. The maximum Gasteiger partial charge on any atom is 0.339 e. The molecule has 7 heteroatoms. The SMILES string of the molecule is CCC(CC#N)Sc1nc(=O)c(=O)[nH]n1C. The number of H-pyrrole nitrogens is 1. The number of nitriles is 1. The van der Waals surface area contributed by atoms with Crippen molar-refractivity contribution in [3.8, 4) is 6.07 Å². The normalized spacial score (nSPS) is 12.1. The molecule has 1 rings (SSSR count). The fourth-order valence-corrected chi connectivity index (χ4v) is 2.05. The summed E-state index contributed by atoms with van der Waals surface area (Å²) in [7, 11) is 1.61. The number of aryl methyl sites for hydroxylation is 1. The Morgan fingerprint density at radius 3 is 2.88 bits per heavy atom. The molecular formula is C9H12N4O2S. The van der Waals surface area contributed by atoms with Crippen LogP contribution in [0, 0.1) is 11.3 Å². The zero-order chi connectivity index (χ0) is 12.1. The molecular weight excluding hydrogens is 228 g/mol. The topological polar surface area (TPSA) is 91.5 Å². The molecule has 1 N–H and O–H groups in total. The summed E-state index contributed by atoms with van der Waals surface area (Å²) in [4.78, 5) is 25.7. The highest BCUT2D eigenvalue weighted by Crippen LogP contribution is 2.23. The van der Waals surface area contributed by atoms with Crippen LogP contribution in [-0.4, -0.2) is 20.0 Å². The quantitative estimate of drug-likeness (QED) is 0.601. The highest BCUT2D eigenvalue weighted by molar-refractivity contribution is 7.99. The number of aromatic amines is 1. The van der Waals surface area contributed by atoms with Gasteiger partial charge < -0.3 is 0 Å². The van der Waals surface area contributed by atoms with Crippen molar-refractivity contribution < 1.29 is 0 Å². The molecule has 0 bridgehead atoms. The summed E-state index contributed by atoms with van der Waals surface area (Å²) in [5, 5.41) is 11.5. The van der Waals surface area contributed by atoms with Crippen molar-refractivity contribution in [2.45, 2.75) is 30.2 Å². The van der Waals surface area contributed by atoms with Crippen molar-refractivity contribution in [3.05, 3.63) is 20.7 Å². The number of hydrogen-bond donors (Lipinski definition) is 1. The van der Waals surface area contributed by atoms with Gasteiger partial charge in [0.2, 0.25) is 0 Å². The van der Waals surface area contributed by atoms with Crippen LogP contribution in [0.25, 0.3) is 0 Å². The van der Waals surface area contributed by atoms with Gasteiger partial charge >= 0.3 is 11.1 Å². The Hall–Kier alpha value is -1.55. The molecule has 16 heavy (non-hydrogen) atoms. The number of nitrogens with zero attached hydrogens (tertiary/aromatic N) is 3. The summed E-state index contributed by atoms with van der Waals surface area (Å²) < 4.78 is 1.40. The summed E-state index contributed by atoms with van der Waals surface area (Å²) in [5.41, 5.74) is -1.53. The lowest BCUT2D eigenvalue weighted by Crippen LogP contribution is -2.34. The van der Waals surface area contributed by atoms with Gasteiger partial charge in [-0.25, -0.2) is 0 Å². The van der Waals surface area contributed by atoms with Crippen LogP contribution in [0.5, 0.6) is 0 Å². The van der Waals surface area contributed by atoms with E-state index in [1.54, 1.807) is 7.05 Å². The summed E-state index contributed by atoms with van der Waals surface area (Å²) in [6.07, 6.45) is 1.18. The first kappa shape index (κ1) is 12.5. The Balaban J connectivity index is 2.97. The van der Waals surface area contributed by atoms with Gasteiger partial charge in [-0.1, -0.05) is 18.7 Å². The van der Waals surface area contributed by atoms with E-state index in [9.17, 15) is 9.59 Å². The first-order valence-electron chi connectivity index (χ1n) is 4.79. The number of thioether (sulfide) groups is 1. The van der Waals surface area contributed by atoms with Crippen molar-refractivity contribution in [1.29, 1.82) is 5.26 Å². The van der Waals surface area contributed by atoms with Crippen molar-refractivity contribution in [2.75, 3.05) is 0 Å². The van der Waals surface area contributed by atoms with Gasteiger partial charge in [-0.15, -0.1) is 0 Å². The van der Waals surface area contributed by atoms with Crippen LogP contribution in [0.2, 0.25) is 0 Å². The zero-order valence-electron chi connectivity index (χ0n) is 9.06. The fourth-order valence-electron chi connectivity index (χ4n) is 1.09. The standard InChI is InChI=1S/C9H12N4O2S/c1-3-6(4-5-10)16-9-11-7(14)8(15)12-13(9)2/h6H,3-4H2,1-2H3,(H,12,15). The van der Waals surface area contributed by atoms with Gasteiger partial charge in [0.05, 0.1) is 6.07 Å². The molecule has 6 nitrogen and oxygen atoms in total. The summed E-state index contributed by atoms with van der Waals surface area (Å²) in [5.74, 6) is 0. The molecule has 0 saturated heterocycles. The number of rotatable bonds is 4. The maximum absolute atomic E-state index is 11.1. The van der Waals surface area contributed by atoms with Crippen molar-refractivity contribution in [1.82, 2.24) is 14.8 Å². The van der Waals surface area contributed by atoms with Gasteiger partial charge in [-0.2, -0.15) is 10.2 Å². The van der Waals surface area contributed by atoms with E-state index in [0.717, 1.165) is 6.42 Å². The Bertz CT molecular complexity index is 513. The molecule has 1 aromatic heterocycles. The molecule has 0 aliphatic heterocycles. The molecule has 0 radical (unpaired) electrons. The number of hydrogen-bond acceptors (Lipinski definition) is 5. The minimum Gasteiger partial charge on any atom is -0.265 e. The van der Waals surface area contributed by atoms with Gasteiger partial charge in [0, 0.05) is 18.7 Å². The Morgan fingerprint density at radius 1 is 1.62 bits per heavy atom. The van der Waals surface area contributed by atoms with E-state index >= 15 is 0 Å². The lowest BCUT2D eigenvalue weighted by atomic mass is 10.3. The number of aromatic nitrogens is 3. The third kappa shape index (κ3) is 2.97. The largest absolute Gasteiger partial charge is 0.339 e. The van der Waals surface area contributed by atoms with Crippen molar-refractivity contribution in [2.24, 2.45) is 7.05 Å². The van der Waals surface area contributed by atoms with E-state index in [2.05, 4.69) is 16.2 Å². The number of nitrogens with one attached hydrogen (secondary N) is 1. The summed E-state index contributed by atoms with van der Waals surface area (Å²) in [6.45, 7) is 1.96. The average molecular weight is 240 g/mol. The van der Waals surface area contributed by atoms with E-state index in [4.69, 9.17) is 5.26 Å². The second kappa shape index (κ2) is 5.51. The molecule has 1 aromatic rings. The fraction of sp³-hybridized carbons (Fsp3) is 0.556. The van der Waals surface area contributed by atoms with Gasteiger partial charge in [0.25, 0.3) is 0 Å². The first-order valence-corrected chi connectivity index (χ1v) is 5.67. The van der Waals surface area contributed by atoms with Crippen LogP contribution < -0.4 is 11.1 Å². The Labute approximate surface area is 96.3 Å². The zero-order valence-corrected chi connectivity index (χ0v) is 9.87. The molecule has 0 amide bonds. The van der Waals surface area contributed by atoms with E-state index < -0.39 is 11.1 Å². The van der Waals surface area contributed by atoms with Crippen LogP contribution in [-0.2, 0) is 7.05 Å². The average Bonchev–Trinajstić information content (AvgIpc) is 2.25. The van der Waals surface area contributed by atoms with E-state index in [0.29, 0.717) is 11.6 Å². The predicted molar refractivity (Wildman–Crippen MR) is 60.3 cm³/mol. The highest BCUT2D eigenvalue weighted by atomic mass is 32.2. The van der Waals surface area contributed by atoms with Crippen LogP contribution in [0.15, 0.2) is 14.7 Å². The molecule has 0 aliphatic rings. The lowest BCUT2D eigenvalue weighted by Gasteiger charge is -2.11. The van der Waals surface area contributed by atoms with E-state index in [1.165, 1.54) is 16.4 Å². The monoisotopic (exact) mass is 240 g/mol. The predicted octanol–water partition coefficient (Wildman–Crippen LogP) is 0.253. The van der Waals surface area contributed by atoms with Crippen molar-refractivity contribution in [3.63, 3.8) is 0 Å². The minimum atomic E-state index is -0.799. The molecule has 86 valence electrons. The second-order valence-corrected chi connectivity index (χ2v) is 4.48. The van der Waals surface area contributed by atoms with Crippen LogP contribution >= 0.6 is 11.8 Å². The van der Waals surface area contributed by atoms with Crippen LogP contribution in [0.3, 0.4) is 0 Å². The molecule has 0 saturated carbocycles. The summed E-state index contributed by atoms with van der Waals surface area (Å²) >= 11 is 1.32. The maximum atomic E-state index is 11.1. The van der Waals surface area contributed by atoms with E-state index in [-0.39, 0.29) is 5.25 Å². The van der Waals surface area contributed by atoms with Gasteiger partial charge in [0.15, 0.2) is 5.16 Å². The Morgan fingerprint density at radius 2 is 2.31 bits per heavy atom. The molecule has 0 aliphatic carbocycles.